The normalized spacial score (nSPS) is 13.1. The van der Waals surface area contributed by atoms with Crippen LogP contribution in [-0.2, 0) is 17.8 Å². The first kappa shape index (κ1) is 17.9. The van der Waals surface area contributed by atoms with Crippen LogP contribution in [0.2, 0.25) is 0 Å². The van der Waals surface area contributed by atoms with Crippen LogP contribution in [0.5, 0.6) is 0 Å². The summed E-state index contributed by atoms with van der Waals surface area (Å²) in [5.74, 6) is -1.34. The smallest absolute Gasteiger partial charge is 0.308 e. The highest BCUT2D eigenvalue weighted by Crippen LogP contribution is 2.26. The number of nitrogens with one attached hydrogen (secondary N) is 1. The van der Waals surface area contributed by atoms with Gasteiger partial charge in [-0.3, -0.25) is 4.79 Å². The van der Waals surface area contributed by atoms with E-state index < -0.39 is 11.9 Å². The fourth-order valence-corrected chi connectivity index (χ4v) is 3.19. The predicted molar refractivity (Wildman–Crippen MR) is 104 cm³/mol. The summed E-state index contributed by atoms with van der Waals surface area (Å²) < 4.78 is 0. The molecule has 0 aromatic heterocycles. The molecule has 0 bridgehead atoms. The summed E-state index contributed by atoms with van der Waals surface area (Å²) in [6.07, 6.45) is 0.484. The largest absolute Gasteiger partial charge is 0.481 e. The van der Waals surface area contributed by atoms with Gasteiger partial charge in [0.15, 0.2) is 0 Å². The zero-order chi connectivity index (χ0) is 18.2. The van der Waals surface area contributed by atoms with Gasteiger partial charge in [0.2, 0.25) is 0 Å². The van der Waals surface area contributed by atoms with Crippen molar-refractivity contribution >= 4 is 5.97 Å². The van der Waals surface area contributed by atoms with E-state index in [1.807, 2.05) is 91.0 Å². The molecule has 3 nitrogen and oxygen atoms in total. The van der Waals surface area contributed by atoms with Gasteiger partial charge >= 0.3 is 5.97 Å². The Hall–Kier alpha value is -2.91. The maximum Gasteiger partial charge on any atom is 0.308 e. The lowest BCUT2D eigenvalue weighted by atomic mass is 9.87. The van der Waals surface area contributed by atoms with E-state index in [1.165, 1.54) is 0 Å². The number of carboxylic acid groups (broad SMARTS) is 1. The number of hydrogen-bond donors (Lipinski definition) is 2. The fraction of sp³-hybridized carbons (Fsp3) is 0.174. The molecular formula is C23H23NO2. The van der Waals surface area contributed by atoms with Crippen LogP contribution in [0, 0.1) is 5.92 Å². The van der Waals surface area contributed by atoms with Gasteiger partial charge in [-0.1, -0.05) is 91.0 Å². The number of benzene rings is 3. The second-order valence-corrected chi connectivity index (χ2v) is 6.39. The monoisotopic (exact) mass is 345 g/mol. The highest BCUT2D eigenvalue weighted by Gasteiger charge is 2.29. The van der Waals surface area contributed by atoms with Crippen LogP contribution in [0.1, 0.15) is 22.7 Å². The van der Waals surface area contributed by atoms with E-state index in [9.17, 15) is 9.90 Å². The summed E-state index contributed by atoms with van der Waals surface area (Å²) in [6.45, 7) is 0.624. The van der Waals surface area contributed by atoms with Crippen molar-refractivity contribution in [2.45, 2.75) is 19.0 Å². The van der Waals surface area contributed by atoms with E-state index in [-0.39, 0.29) is 6.04 Å². The SMILES string of the molecule is O=C(O)C(Cc1ccccc1)C(NCc1ccccc1)c1ccccc1. The molecule has 132 valence electrons. The number of carbonyl (C=O) groups is 1. The Bertz CT molecular complexity index is 803. The first-order valence-corrected chi connectivity index (χ1v) is 8.83. The summed E-state index contributed by atoms with van der Waals surface area (Å²) in [5, 5.41) is 13.4. The summed E-state index contributed by atoms with van der Waals surface area (Å²) in [7, 11) is 0. The summed E-state index contributed by atoms with van der Waals surface area (Å²) in [6, 6.07) is 29.4. The number of hydrogen-bond acceptors (Lipinski definition) is 2. The summed E-state index contributed by atoms with van der Waals surface area (Å²) >= 11 is 0. The molecule has 2 atom stereocenters. The van der Waals surface area contributed by atoms with E-state index >= 15 is 0 Å². The Morgan fingerprint density at radius 1 is 0.769 bits per heavy atom. The molecule has 3 aromatic carbocycles. The molecule has 0 saturated carbocycles. The van der Waals surface area contributed by atoms with Gasteiger partial charge in [0.1, 0.15) is 0 Å². The Kier molecular flexibility index (Phi) is 6.18. The Labute approximate surface area is 154 Å². The standard InChI is InChI=1S/C23H23NO2/c25-23(26)21(16-18-10-4-1-5-11-18)22(20-14-8-3-9-15-20)24-17-19-12-6-2-7-13-19/h1-15,21-22,24H,16-17H2,(H,25,26). The molecule has 0 fully saturated rings. The van der Waals surface area contributed by atoms with Crippen molar-refractivity contribution in [3.05, 3.63) is 108 Å². The van der Waals surface area contributed by atoms with Gasteiger partial charge in [-0.05, 0) is 23.1 Å². The minimum Gasteiger partial charge on any atom is -0.481 e. The third-order valence-electron chi connectivity index (χ3n) is 4.55. The molecule has 2 N–H and O–H groups in total. The van der Waals surface area contributed by atoms with Gasteiger partial charge in [-0.2, -0.15) is 0 Å². The Morgan fingerprint density at radius 3 is 1.81 bits per heavy atom. The van der Waals surface area contributed by atoms with Crippen molar-refractivity contribution in [1.82, 2.24) is 5.32 Å². The van der Waals surface area contributed by atoms with Crippen molar-refractivity contribution in [2.75, 3.05) is 0 Å². The number of aliphatic carboxylic acids is 1. The van der Waals surface area contributed by atoms with E-state index in [2.05, 4.69) is 5.32 Å². The van der Waals surface area contributed by atoms with E-state index in [0.29, 0.717) is 13.0 Å². The number of rotatable bonds is 8. The van der Waals surface area contributed by atoms with Gasteiger partial charge in [0, 0.05) is 12.6 Å². The maximum absolute atomic E-state index is 12.1. The van der Waals surface area contributed by atoms with Crippen molar-refractivity contribution in [2.24, 2.45) is 5.92 Å². The Morgan fingerprint density at radius 2 is 1.27 bits per heavy atom. The predicted octanol–water partition coefficient (Wildman–Crippen LogP) is 4.46. The second kappa shape index (κ2) is 8.97. The minimum absolute atomic E-state index is 0.269. The van der Waals surface area contributed by atoms with Crippen molar-refractivity contribution in [3.8, 4) is 0 Å². The van der Waals surface area contributed by atoms with E-state index in [0.717, 1.165) is 16.7 Å². The summed E-state index contributed by atoms with van der Waals surface area (Å²) in [5.41, 5.74) is 3.16. The third kappa shape index (κ3) is 4.80. The molecular weight excluding hydrogens is 322 g/mol. The van der Waals surface area contributed by atoms with Crippen LogP contribution in [0.3, 0.4) is 0 Å². The van der Waals surface area contributed by atoms with Gasteiger partial charge < -0.3 is 10.4 Å². The van der Waals surface area contributed by atoms with Crippen molar-refractivity contribution in [3.63, 3.8) is 0 Å². The average Bonchev–Trinajstić information content (AvgIpc) is 2.69. The van der Waals surface area contributed by atoms with Gasteiger partial charge in [0.25, 0.3) is 0 Å². The first-order chi connectivity index (χ1) is 12.7. The lowest BCUT2D eigenvalue weighted by Gasteiger charge is -2.26. The van der Waals surface area contributed by atoms with Crippen LogP contribution in [0.4, 0.5) is 0 Å². The van der Waals surface area contributed by atoms with Crippen LogP contribution < -0.4 is 5.32 Å². The molecule has 0 aliphatic carbocycles. The molecule has 3 heteroatoms. The van der Waals surface area contributed by atoms with Gasteiger partial charge in [-0.15, -0.1) is 0 Å². The molecule has 2 unspecified atom stereocenters. The average molecular weight is 345 g/mol. The maximum atomic E-state index is 12.1. The van der Waals surface area contributed by atoms with Crippen LogP contribution in [0.15, 0.2) is 91.0 Å². The van der Waals surface area contributed by atoms with Crippen LogP contribution >= 0.6 is 0 Å². The fourth-order valence-electron chi connectivity index (χ4n) is 3.19. The Balaban J connectivity index is 1.85. The highest BCUT2D eigenvalue weighted by molar-refractivity contribution is 5.71. The minimum atomic E-state index is -0.789. The molecule has 0 aliphatic heterocycles. The van der Waals surface area contributed by atoms with Crippen molar-refractivity contribution < 1.29 is 9.90 Å². The number of carboxylic acids is 1. The highest BCUT2D eigenvalue weighted by atomic mass is 16.4. The molecule has 26 heavy (non-hydrogen) atoms. The zero-order valence-electron chi connectivity index (χ0n) is 14.6. The van der Waals surface area contributed by atoms with Gasteiger partial charge in [0.05, 0.1) is 5.92 Å². The molecule has 0 amide bonds. The topological polar surface area (TPSA) is 49.3 Å². The zero-order valence-corrected chi connectivity index (χ0v) is 14.6. The lowest BCUT2D eigenvalue weighted by molar-refractivity contribution is -0.142. The first-order valence-electron chi connectivity index (χ1n) is 8.83. The lowest BCUT2D eigenvalue weighted by Crippen LogP contribution is -2.34. The van der Waals surface area contributed by atoms with E-state index in [4.69, 9.17) is 0 Å². The molecule has 0 heterocycles. The molecule has 0 aliphatic rings. The molecule has 0 radical (unpaired) electrons. The molecule has 0 spiro atoms. The van der Waals surface area contributed by atoms with Crippen LogP contribution in [0.25, 0.3) is 0 Å². The van der Waals surface area contributed by atoms with Crippen LogP contribution in [-0.4, -0.2) is 11.1 Å². The van der Waals surface area contributed by atoms with E-state index in [1.54, 1.807) is 0 Å². The van der Waals surface area contributed by atoms with Crippen molar-refractivity contribution in [1.29, 1.82) is 0 Å². The van der Waals surface area contributed by atoms with Gasteiger partial charge in [-0.25, -0.2) is 0 Å². The molecule has 3 aromatic rings. The third-order valence-corrected chi connectivity index (χ3v) is 4.55. The second-order valence-electron chi connectivity index (χ2n) is 6.39. The summed E-state index contributed by atoms with van der Waals surface area (Å²) in [4.78, 5) is 12.1. The molecule has 0 saturated heterocycles. The molecule has 3 rings (SSSR count). The quantitative estimate of drug-likeness (QED) is 0.634.